The Hall–Kier alpha value is -1.89. The van der Waals surface area contributed by atoms with Gasteiger partial charge in [0.2, 0.25) is 5.91 Å². The first-order chi connectivity index (χ1) is 10.7. The van der Waals surface area contributed by atoms with Gasteiger partial charge in [-0.2, -0.15) is 0 Å². The average molecular weight is 405 g/mol. The molecule has 0 spiro atoms. The molecule has 0 saturated carbocycles. The van der Waals surface area contributed by atoms with E-state index in [2.05, 4.69) is 39.8 Å². The molecule has 0 aliphatic carbocycles. The molecular weight excluding hydrogens is 389 g/mol. The number of para-hydroxylation sites is 3. The molecule has 1 N–H and O–H groups in total. The van der Waals surface area contributed by atoms with Crippen LogP contribution in [0.2, 0.25) is 0 Å². The summed E-state index contributed by atoms with van der Waals surface area (Å²) in [6.07, 6.45) is 0.796. The summed E-state index contributed by atoms with van der Waals surface area (Å²) in [5, 5.41) is 2.97. The first kappa shape index (κ1) is 15.0. The second-order valence-electron chi connectivity index (χ2n) is 4.98. The summed E-state index contributed by atoms with van der Waals surface area (Å²) in [5.74, 6) is 0.890. The molecule has 3 aromatic rings. The SMILES string of the molecule is CCc1nc2ccccc2n1CC(=O)Nc1ccccc1I. The van der Waals surface area contributed by atoms with Crippen molar-refractivity contribution in [3.8, 4) is 0 Å². The maximum atomic E-state index is 12.4. The molecule has 1 aromatic heterocycles. The van der Waals surface area contributed by atoms with Crippen LogP contribution in [0.15, 0.2) is 48.5 Å². The number of hydrogen-bond donors (Lipinski definition) is 1. The molecule has 4 nitrogen and oxygen atoms in total. The summed E-state index contributed by atoms with van der Waals surface area (Å²) in [7, 11) is 0. The number of aromatic nitrogens is 2. The second-order valence-corrected chi connectivity index (χ2v) is 6.15. The summed E-state index contributed by atoms with van der Waals surface area (Å²) >= 11 is 2.22. The first-order valence-corrected chi connectivity index (χ1v) is 8.25. The number of nitrogens with zero attached hydrogens (tertiary/aromatic N) is 2. The quantitative estimate of drug-likeness (QED) is 0.671. The number of aryl methyl sites for hydroxylation is 1. The molecule has 0 unspecified atom stereocenters. The fourth-order valence-corrected chi connectivity index (χ4v) is 2.99. The highest BCUT2D eigenvalue weighted by atomic mass is 127. The number of benzene rings is 2. The zero-order chi connectivity index (χ0) is 15.5. The van der Waals surface area contributed by atoms with Gasteiger partial charge < -0.3 is 9.88 Å². The van der Waals surface area contributed by atoms with Crippen LogP contribution < -0.4 is 5.32 Å². The van der Waals surface area contributed by atoms with Gasteiger partial charge in [-0.25, -0.2) is 4.98 Å². The molecule has 0 saturated heterocycles. The lowest BCUT2D eigenvalue weighted by Gasteiger charge is -2.10. The fraction of sp³-hybridized carbons (Fsp3) is 0.176. The summed E-state index contributed by atoms with van der Waals surface area (Å²) in [6, 6.07) is 15.7. The van der Waals surface area contributed by atoms with E-state index >= 15 is 0 Å². The molecule has 22 heavy (non-hydrogen) atoms. The second kappa shape index (κ2) is 6.48. The van der Waals surface area contributed by atoms with Crippen LogP contribution in [0.5, 0.6) is 0 Å². The Bertz CT molecular complexity index is 826. The van der Waals surface area contributed by atoms with Crippen LogP contribution in [0.4, 0.5) is 5.69 Å². The van der Waals surface area contributed by atoms with Crippen LogP contribution in [-0.4, -0.2) is 15.5 Å². The Balaban J connectivity index is 1.86. The maximum Gasteiger partial charge on any atom is 0.244 e. The van der Waals surface area contributed by atoms with Gasteiger partial charge in [-0.05, 0) is 46.9 Å². The number of halogens is 1. The molecule has 0 bridgehead atoms. The number of fused-ring (bicyclic) bond motifs is 1. The maximum absolute atomic E-state index is 12.4. The van der Waals surface area contributed by atoms with Crippen molar-refractivity contribution in [2.45, 2.75) is 19.9 Å². The van der Waals surface area contributed by atoms with E-state index in [1.807, 2.05) is 53.1 Å². The molecule has 0 radical (unpaired) electrons. The van der Waals surface area contributed by atoms with Crippen molar-refractivity contribution >= 4 is 45.2 Å². The highest BCUT2D eigenvalue weighted by molar-refractivity contribution is 14.1. The number of carbonyl (C=O) groups excluding carboxylic acids is 1. The van der Waals surface area contributed by atoms with E-state index in [9.17, 15) is 4.79 Å². The van der Waals surface area contributed by atoms with Gasteiger partial charge in [0, 0.05) is 9.99 Å². The van der Waals surface area contributed by atoms with E-state index in [1.54, 1.807) is 0 Å². The zero-order valence-electron chi connectivity index (χ0n) is 12.2. The van der Waals surface area contributed by atoms with Crippen molar-refractivity contribution in [2.24, 2.45) is 0 Å². The van der Waals surface area contributed by atoms with Crippen molar-refractivity contribution in [1.29, 1.82) is 0 Å². The van der Waals surface area contributed by atoms with Gasteiger partial charge in [0.1, 0.15) is 12.4 Å². The van der Waals surface area contributed by atoms with Crippen LogP contribution in [0.1, 0.15) is 12.7 Å². The molecule has 0 aliphatic rings. The molecule has 1 heterocycles. The van der Waals surface area contributed by atoms with Crippen LogP contribution in [0.25, 0.3) is 11.0 Å². The molecule has 3 rings (SSSR count). The molecule has 5 heteroatoms. The third kappa shape index (κ3) is 2.99. The highest BCUT2D eigenvalue weighted by Crippen LogP contribution is 2.19. The summed E-state index contributed by atoms with van der Waals surface area (Å²) < 4.78 is 3.01. The third-order valence-corrected chi connectivity index (χ3v) is 4.44. The van der Waals surface area contributed by atoms with Crippen molar-refractivity contribution < 1.29 is 4.79 Å². The number of amides is 1. The van der Waals surface area contributed by atoms with E-state index < -0.39 is 0 Å². The molecule has 0 aliphatic heterocycles. The van der Waals surface area contributed by atoms with E-state index in [0.29, 0.717) is 0 Å². The Kier molecular flexibility index (Phi) is 4.42. The van der Waals surface area contributed by atoms with E-state index in [1.165, 1.54) is 0 Å². The molecule has 0 fully saturated rings. The third-order valence-electron chi connectivity index (χ3n) is 3.50. The monoisotopic (exact) mass is 405 g/mol. The summed E-state index contributed by atoms with van der Waals surface area (Å²) in [5.41, 5.74) is 2.77. The predicted molar refractivity (Wildman–Crippen MR) is 96.9 cm³/mol. The van der Waals surface area contributed by atoms with Crippen LogP contribution in [0.3, 0.4) is 0 Å². The first-order valence-electron chi connectivity index (χ1n) is 7.17. The number of nitrogens with one attached hydrogen (secondary N) is 1. The molecule has 0 atom stereocenters. The highest BCUT2D eigenvalue weighted by Gasteiger charge is 2.13. The Labute approximate surface area is 142 Å². The lowest BCUT2D eigenvalue weighted by Crippen LogP contribution is -2.20. The van der Waals surface area contributed by atoms with Crippen LogP contribution in [-0.2, 0) is 17.8 Å². The lowest BCUT2D eigenvalue weighted by molar-refractivity contribution is -0.116. The van der Waals surface area contributed by atoms with Gasteiger partial charge >= 0.3 is 0 Å². The van der Waals surface area contributed by atoms with Gasteiger partial charge in [0.15, 0.2) is 0 Å². The van der Waals surface area contributed by atoms with Gasteiger partial charge in [-0.1, -0.05) is 31.2 Å². The minimum atomic E-state index is -0.0398. The number of hydrogen-bond acceptors (Lipinski definition) is 2. The van der Waals surface area contributed by atoms with Crippen molar-refractivity contribution in [3.05, 3.63) is 57.9 Å². The van der Waals surface area contributed by atoms with Crippen molar-refractivity contribution in [2.75, 3.05) is 5.32 Å². The average Bonchev–Trinajstić information content (AvgIpc) is 2.87. The minimum Gasteiger partial charge on any atom is -0.324 e. The molecular formula is C17H16IN3O. The van der Waals surface area contributed by atoms with Gasteiger partial charge in [0.25, 0.3) is 0 Å². The lowest BCUT2D eigenvalue weighted by atomic mass is 10.3. The Morgan fingerprint density at radius 3 is 2.68 bits per heavy atom. The largest absolute Gasteiger partial charge is 0.324 e. The van der Waals surface area contributed by atoms with Crippen molar-refractivity contribution in [1.82, 2.24) is 9.55 Å². The molecule has 112 valence electrons. The Morgan fingerprint density at radius 2 is 1.91 bits per heavy atom. The number of imidazole rings is 1. The van der Waals surface area contributed by atoms with Gasteiger partial charge in [-0.3, -0.25) is 4.79 Å². The molecule has 2 aromatic carbocycles. The van der Waals surface area contributed by atoms with E-state index in [0.717, 1.165) is 32.5 Å². The van der Waals surface area contributed by atoms with E-state index in [-0.39, 0.29) is 12.5 Å². The predicted octanol–water partition coefficient (Wildman–Crippen LogP) is 3.84. The smallest absolute Gasteiger partial charge is 0.244 e. The summed E-state index contributed by atoms with van der Waals surface area (Å²) in [4.78, 5) is 17.0. The van der Waals surface area contributed by atoms with Crippen LogP contribution in [0, 0.1) is 3.57 Å². The fourth-order valence-electron chi connectivity index (χ4n) is 2.47. The number of anilines is 1. The topological polar surface area (TPSA) is 46.9 Å². The van der Waals surface area contributed by atoms with Gasteiger partial charge in [0.05, 0.1) is 16.7 Å². The Morgan fingerprint density at radius 1 is 1.18 bits per heavy atom. The zero-order valence-corrected chi connectivity index (χ0v) is 14.4. The van der Waals surface area contributed by atoms with E-state index in [4.69, 9.17) is 0 Å². The van der Waals surface area contributed by atoms with Crippen molar-refractivity contribution in [3.63, 3.8) is 0 Å². The normalized spacial score (nSPS) is 10.8. The number of carbonyl (C=O) groups is 1. The number of rotatable bonds is 4. The standard InChI is InChI=1S/C17H16IN3O/c1-2-16-19-14-9-5-6-10-15(14)21(16)11-17(22)20-13-8-4-3-7-12(13)18/h3-10H,2,11H2,1H3,(H,20,22). The van der Waals surface area contributed by atoms with Gasteiger partial charge in [-0.15, -0.1) is 0 Å². The van der Waals surface area contributed by atoms with Crippen LogP contribution >= 0.6 is 22.6 Å². The minimum absolute atomic E-state index is 0.0398. The summed E-state index contributed by atoms with van der Waals surface area (Å²) in [6.45, 7) is 2.32. The molecule has 1 amide bonds.